The number of nitrogens with zero attached hydrogens (tertiary/aromatic N) is 8. The van der Waals surface area contributed by atoms with E-state index in [2.05, 4.69) is 75.8 Å². The van der Waals surface area contributed by atoms with Crippen molar-refractivity contribution in [2.45, 2.75) is 308 Å². The highest BCUT2D eigenvalue weighted by molar-refractivity contribution is 5.90. The third-order valence-electron chi connectivity index (χ3n) is 27.1. The Bertz CT molecular complexity index is 4830. The highest BCUT2D eigenvalue weighted by atomic mass is 16.4. The number of rotatable bonds is 36. The van der Waals surface area contributed by atoms with Crippen molar-refractivity contribution in [3.05, 3.63) is 239 Å². The molecule has 16 rings (SSSR count). The van der Waals surface area contributed by atoms with Gasteiger partial charge >= 0.3 is 0 Å². The number of carboxylic acids is 8. The maximum atomic E-state index is 11.0. The van der Waals surface area contributed by atoms with Crippen molar-refractivity contribution in [1.82, 2.24) is 0 Å². The van der Waals surface area contributed by atoms with E-state index in [0.29, 0.717) is 48.3 Å². The van der Waals surface area contributed by atoms with Crippen molar-refractivity contribution in [2.24, 2.45) is 0 Å². The monoisotopic (exact) mass is 1860 g/mol. The fraction of sp³-hybridized carbons (Fsp3) is 0.500. The third kappa shape index (κ3) is 33.7. The first-order chi connectivity index (χ1) is 65.7. The summed E-state index contributed by atoms with van der Waals surface area (Å²) in [6.07, 6.45) is 43.2. The van der Waals surface area contributed by atoms with Gasteiger partial charge in [0.2, 0.25) is 0 Å². The molecule has 24 nitrogen and oxygen atoms in total. The lowest BCUT2D eigenvalue weighted by Gasteiger charge is -2.47. The molecule has 8 aromatic carbocycles. The molecule has 0 atom stereocenters. The highest BCUT2D eigenvalue weighted by Gasteiger charge is 2.40. The Balaban J connectivity index is 0.000000175. The molecule has 0 bridgehead atoms. The summed E-state index contributed by atoms with van der Waals surface area (Å²) in [6, 6.07) is 61.4. The van der Waals surface area contributed by atoms with Gasteiger partial charge in [-0.2, -0.15) is 0 Å². The minimum absolute atomic E-state index is 0.209. The predicted molar refractivity (Wildman–Crippen MR) is 528 cm³/mol. The van der Waals surface area contributed by atoms with E-state index in [4.69, 9.17) is 0 Å². The quantitative estimate of drug-likeness (QED) is 0.0352. The molecule has 0 spiro atoms. The number of benzene rings is 8. The van der Waals surface area contributed by atoms with Gasteiger partial charge in [0.1, 0.15) is 0 Å². The summed E-state index contributed by atoms with van der Waals surface area (Å²) in [5, 5.41) is 85.4. The van der Waals surface area contributed by atoms with Crippen LogP contribution < -0.4 is 80.1 Å². The summed E-state index contributed by atoms with van der Waals surface area (Å²) in [4.78, 5) is 104. The molecule has 8 saturated carbocycles. The van der Waals surface area contributed by atoms with Gasteiger partial charge in [-0.05, 0) is 297 Å². The predicted octanol–water partition coefficient (Wildman–Crippen LogP) is 14.6. The molecule has 0 amide bonds. The molecular weight excluding hydrogens is 1710 g/mol. The van der Waals surface area contributed by atoms with Crippen LogP contribution in [0.2, 0.25) is 0 Å². The summed E-state index contributed by atoms with van der Waals surface area (Å²) in [5.74, 6) is -8.88. The second kappa shape index (κ2) is 56.4. The van der Waals surface area contributed by atoms with Crippen LogP contribution in [0.1, 0.15) is 343 Å². The fourth-order valence-corrected chi connectivity index (χ4v) is 19.0. The molecule has 0 saturated heterocycles. The zero-order chi connectivity index (χ0) is 98.0. The van der Waals surface area contributed by atoms with Gasteiger partial charge in [0, 0.05) is 147 Å². The largest absolute Gasteiger partial charge is 0.545 e. The summed E-state index contributed by atoms with van der Waals surface area (Å²) < 4.78 is 0. The van der Waals surface area contributed by atoms with Gasteiger partial charge < -0.3 is 118 Å². The Morgan fingerprint density at radius 1 is 0.206 bits per heavy atom. The first-order valence-corrected chi connectivity index (χ1v) is 50.3. The van der Waals surface area contributed by atoms with E-state index in [1.807, 2.05) is 91.8 Å². The van der Waals surface area contributed by atoms with Crippen molar-refractivity contribution in [3.63, 3.8) is 0 Å². The molecule has 8 aliphatic carbocycles. The molecule has 0 heterocycles. The summed E-state index contributed by atoms with van der Waals surface area (Å²) in [6.45, 7) is 18.7. The first-order valence-electron chi connectivity index (χ1n) is 50.3. The summed E-state index contributed by atoms with van der Waals surface area (Å²) >= 11 is 0. The van der Waals surface area contributed by atoms with Crippen LogP contribution in [0.4, 0.5) is 45.5 Å². The molecule has 24 heteroatoms. The van der Waals surface area contributed by atoms with Crippen molar-refractivity contribution in [2.75, 3.05) is 92.6 Å². The first kappa shape index (κ1) is 108. The fourth-order valence-electron chi connectivity index (χ4n) is 19.0. The molecule has 8 aliphatic rings. The Morgan fingerprint density at radius 2 is 0.375 bits per heavy atom. The van der Waals surface area contributed by atoms with E-state index in [0.717, 1.165) is 93.4 Å². The van der Waals surface area contributed by atoms with E-state index in [1.165, 1.54) is 222 Å². The second-order valence-electron chi connectivity index (χ2n) is 37.1. The molecule has 0 radical (unpaired) electrons. The van der Waals surface area contributed by atoms with Crippen LogP contribution in [0.15, 0.2) is 194 Å². The van der Waals surface area contributed by atoms with Crippen LogP contribution in [0.25, 0.3) is 0 Å². The lowest BCUT2D eigenvalue weighted by molar-refractivity contribution is -0.256. The van der Waals surface area contributed by atoms with Gasteiger partial charge in [0.15, 0.2) is 0 Å². The lowest BCUT2D eigenvalue weighted by atomic mass is 9.84. The third-order valence-corrected chi connectivity index (χ3v) is 27.1. The van der Waals surface area contributed by atoms with Gasteiger partial charge in [0.25, 0.3) is 0 Å². The molecule has 8 aromatic rings. The second-order valence-corrected chi connectivity index (χ2v) is 37.1. The van der Waals surface area contributed by atoms with Gasteiger partial charge in [-0.25, -0.2) is 0 Å². The van der Waals surface area contributed by atoms with E-state index < -0.39 is 47.8 Å². The lowest BCUT2D eigenvalue weighted by Crippen LogP contribution is -2.49. The van der Waals surface area contributed by atoms with Crippen LogP contribution in [0.3, 0.4) is 0 Å². The van der Waals surface area contributed by atoms with Crippen molar-refractivity contribution in [1.29, 1.82) is 0 Å². The summed E-state index contributed by atoms with van der Waals surface area (Å²) in [5.41, 5.74) is 10.9. The number of carbonyl (C=O) groups is 8. The number of carboxylic acid groups (broad SMARTS) is 8. The van der Waals surface area contributed by atoms with Crippen molar-refractivity contribution in [3.8, 4) is 0 Å². The topological polar surface area (TPSA) is 347 Å². The number of carbonyl (C=O) groups excluding carboxylic acids is 8. The molecule has 0 N–H and O–H groups in total. The molecule has 8 fully saturated rings. The zero-order valence-electron chi connectivity index (χ0n) is 81.5. The Morgan fingerprint density at radius 3 is 0.537 bits per heavy atom. The van der Waals surface area contributed by atoms with Gasteiger partial charge in [-0.3, -0.25) is 0 Å². The number of hydrogen-bond donors (Lipinski definition) is 0. The van der Waals surface area contributed by atoms with E-state index in [-0.39, 0.29) is 44.5 Å². The van der Waals surface area contributed by atoms with Crippen LogP contribution in [0, 0.1) is 0 Å². The van der Waals surface area contributed by atoms with Gasteiger partial charge in [-0.15, -0.1) is 0 Å². The Labute approximate surface area is 807 Å². The maximum Gasteiger partial charge on any atom is 0.0715 e. The van der Waals surface area contributed by atoms with Crippen LogP contribution >= 0.6 is 0 Å². The normalized spacial score (nSPS) is 15.7. The minimum Gasteiger partial charge on any atom is -0.545 e. The summed E-state index contributed by atoms with van der Waals surface area (Å²) in [7, 11) is 3.79. The average Bonchev–Trinajstić information content (AvgIpc) is 1.71. The highest BCUT2D eigenvalue weighted by Crippen LogP contribution is 2.43. The molecular formula is C112H144N8O16-8. The number of unbranched alkanes of at least 4 members (excludes halogenated alkanes) is 2. The molecule has 736 valence electrons. The van der Waals surface area contributed by atoms with E-state index in [1.54, 1.807) is 109 Å². The SMILES string of the molecule is CCCCN(CCCC)c1ccc(C(=O)[O-])cc1.CCCN(CCC)c1ccc(C(=O)[O-])cc1.CCN(CC)c1ccc(C(=O)[O-])cc1.CN(C)c1ccc(C(=O)[O-])cc1.O=C([O-])c1ccc(N(C2CC2)C2CC2)cc1.O=C([O-])c1ccc(N(C2CCC2)C2CCC2)cc1.O=C([O-])c1ccc(N(C2CCCC2)C2CCCC2)cc1.O=C([O-])c1ccc(N(C2CCCCC2)C2CCCCC2)cc1. The minimum atomic E-state index is -1.14. The molecule has 0 aliphatic heterocycles. The van der Waals surface area contributed by atoms with Crippen LogP contribution in [-0.2, 0) is 0 Å². The number of aromatic carboxylic acids is 8. The standard InChI is InChI=1S/C19H27NO2.C17H23NO2.C15H19NO2.C15H23NO2.C13H15NO2.C13H19NO2.C11H15NO2.C9H11NO2/c21-19(22)15-11-13-18(14-12-15)20(16-7-3-1-4-8-16)17-9-5-2-6-10-17;19-17(20)13-9-11-16(12-10-13)18(14-5-1-2-6-14)15-7-3-4-8-15;17-15(18)11-7-9-14(10-8-11)16(12-3-1-4-12)13-5-2-6-13;1-3-5-11-16(12-6-4-2)14-9-7-13(8-10-14)15(17)18;15-13(16)9-1-3-10(4-2-9)14(11-5-6-11)12-7-8-12;1-3-9-14(10-4-2)12-7-5-11(6-8-12)13(15)16;1-3-12(4-2)10-7-5-9(6-8-10)11(13)14;1-10(2)8-5-3-7(4-6-8)9(11)12/h11-14,16-17H,1-10H2,(H,21,22);9-12,14-15H,1-8H2,(H,19,20);7-10,12-13H,1-6H2,(H,17,18);7-10H,3-6,11-12H2,1-2H3,(H,17,18);1-4,11-12H,5-8H2,(H,15,16);5-8H,3-4,9-10H2,1-2H3,(H,15,16);5-8H,3-4H2,1-2H3,(H,13,14);3-6H,1-2H3,(H,11,12)/p-8. The molecule has 136 heavy (non-hydrogen) atoms. The maximum absolute atomic E-state index is 11.0. The van der Waals surface area contributed by atoms with Crippen LogP contribution in [0.5, 0.6) is 0 Å². The smallest absolute Gasteiger partial charge is 0.0715 e. The van der Waals surface area contributed by atoms with Crippen molar-refractivity contribution < 1.29 is 79.2 Å². The zero-order valence-corrected chi connectivity index (χ0v) is 81.5. The molecule has 0 aromatic heterocycles. The van der Waals surface area contributed by atoms with E-state index in [9.17, 15) is 79.2 Å². The van der Waals surface area contributed by atoms with Crippen molar-refractivity contribution >= 4 is 93.3 Å². The van der Waals surface area contributed by atoms with Gasteiger partial charge in [0.05, 0.1) is 47.8 Å². The average molecular weight is 1860 g/mol. The van der Waals surface area contributed by atoms with Gasteiger partial charge in [-0.1, -0.05) is 202 Å². The van der Waals surface area contributed by atoms with Crippen LogP contribution in [-0.4, -0.2) is 149 Å². The number of anilines is 8. The Kier molecular flexibility index (Phi) is 44.7. The number of hydrogen-bond acceptors (Lipinski definition) is 24. The van der Waals surface area contributed by atoms with E-state index >= 15 is 0 Å². The Hall–Kier alpha value is -12.1. The molecule has 0 unspecified atom stereocenters.